The number of hydrogen-bond donors (Lipinski definition) is 2. The van der Waals surface area contributed by atoms with E-state index in [1.54, 1.807) is 0 Å². The molecule has 1 unspecified atom stereocenters. The third-order valence-corrected chi connectivity index (χ3v) is 3.58. The van der Waals surface area contributed by atoms with Crippen molar-refractivity contribution < 1.29 is 9.84 Å². The predicted octanol–water partition coefficient (Wildman–Crippen LogP) is 0.188. The highest BCUT2D eigenvalue weighted by molar-refractivity contribution is 7.99. The highest BCUT2D eigenvalue weighted by Gasteiger charge is 2.14. The predicted molar refractivity (Wildman–Crippen MR) is 73.7 cm³/mol. The van der Waals surface area contributed by atoms with Crippen LogP contribution in [0.2, 0.25) is 0 Å². The Hall–Kier alpha value is -0.0700. The number of ether oxygens (including phenoxy) is 1. The fraction of sp³-hybridized carbons (Fsp3) is 0.833. The number of rotatable bonds is 9. The molecule has 5 heteroatoms. The zero-order valence-electron chi connectivity index (χ0n) is 10.4. The van der Waals surface area contributed by atoms with Gasteiger partial charge in [-0.1, -0.05) is 6.08 Å². The van der Waals surface area contributed by atoms with Crippen molar-refractivity contribution in [3.05, 3.63) is 12.7 Å². The van der Waals surface area contributed by atoms with E-state index in [9.17, 15) is 5.11 Å². The summed E-state index contributed by atoms with van der Waals surface area (Å²) in [6.07, 6.45) is 1.63. The highest BCUT2D eigenvalue weighted by atomic mass is 32.2. The van der Waals surface area contributed by atoms with E-state index in [4.69, 9.17) is 4.74 Å². The second-order valence-electron chi connectivity index (χ2n) is 4.13. The average molecular weight is 260 g/mol. The smallest absolute Gasteiger partial charge is 0.0791 e. The number of nitrogens with one attached hydrogen (secondary N) is 1. The van der Waals surface area contributed by atoms with Crippen molar-refractivity contribution in [3.8, 4) is 0 Å². The highest BCUT2D eigenvalue weighted by Crippen LogP contribution is 1.99. The van der Waals surface area contributed by atoms with E-state index in [1.807, 2.05) is 17.8 Å². The minimum atomic E-state index is -0.280. The summed E-state index contributed by atoms with van der Waals surface area (Å²) in [5.74, 6) is 2.06. The topological polar surface area (TPSA) is 44.7 Å². The summed E-state index contributed by atoms with van der Waals surface area (Å²) in [5, 5.41) is 13.1. The molecule has 0 radical (unpaired) electrons. The van der Waals surface area contributed by atoms with Crippen molar-refractivity contribution in [2.45, 2.75) is 6.10 Å². The van der Waals surface area contributed by atoms with Gasteiger partial charge in [-0.05, 0) is 0 Å². The lowest BCUT2D eigenvalue weighted by atomic mass is 10.3. The number of hydrogen-bond acceptors (Lipinski definition) is 5. The molecule has 1 aliphatic heterocycles. The van der Waals surface area contributed by atoms with Crippen LogP contribution in [0.1, 0.15) is 0 Å². The molecule has 0 amide bonds. The maximum atomic E-state index is 9.84. The van der Waals surface area contributed by atoms with Gasteiger partial charge in [0.05, 0.1) is 19.3 Å². The summed E-state index contributed by atoms with van der Waals surface area (Å²) in [6.45, 7) is 9.49. The van der Waals surface area contributed by atoms with Gasteiger partial charge >= 0.3 is 0 Å². The van der Waals surface area contributed by atoms with Gasteiger partial charge < -0.3 is 15.2 Å². The molecule has 1 heterocycles. The van der Waals surface area contributed by atoms with Crippen LogP contribution in [0.3, 0.4) is 0 Å². The van der Waals surface area contributed by atoms with Gasteiger partial charge in [-0.3, -0.25) is 4.90 Å². The van der Waals surface area contributed by atoms with Gasteiger partial charge in [-0.2, -0.15) is 11.8 Å². The molecule has 0 saturated carbocycles. The zero-order valence-corrected chi connectivity index (χ0v) is 11.3. The number of aliphatic hydroxyl groups excluding tert-OH is 1. The summed E-state index contributed by atoms with van der Waals surface area (Å²) in [6, 6.07) is 0. The lowest BCUT2D eigenvalue weighted by molar-refractivity contribution is 0.0150. The number of nitrogens with zero attached hydrogens (tertiary/aromatic N) is 1. The first kappa shape index (κ1) is 15.0. The van der Waals surface area contributed by atoms with E-state index in [0.717, 1.165) is 50.9 Å². The van der Waals surface area contributed by atoms with E-state index in [2.05, 4.69) is 16.8 Å². The van der Waals surface area contributed by atoms with Gasteiger partial charge in [0.2, 0.25) is 0 Å². The monoisotopic (exact) mass is 260 g/mol. The third-order valence-electron chi connectivity index (χ3n) is 2.61. The van der Waals surface area contributed by atoms with Crippen LogP contribution in [0.25, 0.3) is 0 Å². The number of aliphatic hydroxyl groups is 1. The molecular weight excluding hydrogens is 236 g/mol. The van der Waals surface area contributed by atoms with E-state index >= 15 is 0 Å². The van der Waals surface area contributed by atoms with Gasteiger partial charge in [0, 0.05) is 44.2 Å². The largest absolute Gasteiger partial charge is 0.390 e. The number of thioether (sulfide) groups is 1. The Bertz CT molecular complexity index is 199. The van der Waals surface area contributed by atoms with Crippen LogP contribution in [0.4, 0.5) is 0 Å². The second-order valence-corrected chi connectivity index (χ2v) is 5.28. The maximum absolute atomic E-state index is 9.84. The fourth-order valence-electron chi connectivity index (χ4n) is 1.73. The summed E-state index contributed by atoms with van der Waals surface area (Å²) in [5.41, 5.74) is 0. The van der Waals surface area contributed by atoms with E-state index < -0.39 is 0 Å². The second kappa shape index (κ2) is 9.91. The van der Waals surface area contributed by atoms with Crippen LogP contribution in [0, 0.1) is 0 Å². The molecular formula is C12H24N2O2S. The Morgan fingerprint density at radius 3 is 2.94 bits per heavy atom. The molecule has 0 aromatic carbocycles. The van der Waals surface area contributed by atoms with Crippen LogP contribution < -0.4 is 5.32 Å². The van der Waals surface area contributed by atoms with Crippen molar-refractivity contribution in [1.82, 2.24) is 10.2 Å². The van der Waals surface area contributed by atoms with Crippen LogP contribution in [0.5, 0.6) is 0 Å². The molecule has 1 atom stereocenters. The van der Waals surface area contributed by atoms with Crippen molar-refractivity contribution in [1.29, 1.82) is 0 Å². The van der Waals surface area contributed by atoms with Gasteiger partial charge in [-0.15, -0.1) is 6.58 Å². The Kier molecular flexibility index (Phi) is 8.74. The molecule has 1 rings (SSSR count). The molecule has 1 saturated heterocycles. The minimum absolute atomic E-state index is 0.280. The summed E-state index contributed by atoms with van der Waals surface area (Å²) < 4.78 is 5.27. The number of morpholine rings is 1. The normalized spacial score (nSPS) is 19.1. The first-order valence-corrected chi connectivity index (χ1v) is 7.36. The Labute approximate surface area is 108 Å². The van der Waals surface area contributed by atoms with Gasteiger partial charge in [-0.25, -0.2) is 0 Å². The first-order valence-electron chi connectivity index (χ1n) is 6.20. The van der Waals surface area contributed by atoms with Gasteiger partial charge in [0.1, 0.15) is 0 Å². The van der Waals surface area contributed by atoms with E-state index in [0.29, 0.717) is 6.54 Å². The van der Waals surface area contributed by atoms with Crippen molar-refractivity contribution >= 4 is 11.8 Å². The lowest BCUT2D eigenvalue weighted by Gasteiger charge is -2.28. The van der Waals surface area contributed by atoms with Gasteiger partial charge in [0.15, 0.2) is 0 Å². The minimum Gasteiger partial charge on any atom is -0.390 e. The Balaban J connectivity index is 1.93. The van der Waals surface area contributed by atoms with Gasteiger partial charge in [0.25, 0.3) is 0 Å². The molecule has 0 bridgehead atoms. The summed E-state index contributed by atoms with van der Waals surface area (Å²) >= 11 is 1.85. The fourth-order valence-corrected chi connectivity index (χ4v) is 2.35. The molecule has 17 heavy (non-hydrogen) atoms. The van der Waals surface area contributed by atoms with Crippen LogP contribution >= 0.6 is 11.8 Å². The SMILES string of the molecule is C=CCSCCNCC(O)CN1CCOCC1. The quantitative estimate of drug-likeness (QED) is 0.458. The van der Waals surface area contributed by atoms with Crippen LogP contribution in [-0.4, -0.2) is 73.6 Å². The van der Waals surface area contributed by atoms with E-state index in [-0.39, 0.29) is 6.10 Å². The third kappa shape index (κ3) is 7.78. The summed E-state index contributed by atoms with van der Waals surface area (Å²) in [7, 11) is 0. The Morgan fingerprint density at radius 2 is 2.24 bits per heavy atom. The molecule has 0 aromatic rings. The number of β-amino-alcohol motifs (C(OH)–C–C–N with tert-alkyl or cyclic N) is 1. The maximum Gasteiger partial charge on any atom is 0.0791 e. The molecule has 1 aliphatic rings. The molecule has 100 valence electrons. The molecule has 4 nitrogen and oxygen atoms in total. The van der Waals surface area contributed by atoms with E-state index in [1.165, 1.54) is 0 Å². The summed E-state index contributed by atoms with van der Waals surface area (Å²) in [4.78, 5) is 2.25. The van der Waals surface area contributed by atoms with Crippen molar-refractivity contribution in [2.75, 3.05) is 57.4 Å². The van der Waals surface area contributed by atoms with Crippen LogP contribution in [0.15, 0.2) is 12.7 Å². The van der Waals surface area contributed by atoms with Crippen molar-refractivity contribution in [3.63, 3.8) is 0 Å². The first-order chi connectivity index (χ1) is 8.33. The Morgan fingerprint density at radius 1 is 1.47 bits per heavy atom. The lowest BCUT2D eigenvalue weighted by Crippen LogP contribution is -2.44. The molecule has 2 N–H and O–H groups in total. The standard InChI is InChI=1S/C12H24N2O2S/c1-2-8-17-9-3-13-10-12(15)11-14-4-6-16-7-5-14/h2,12-13,15H,1,3-11H2. The van der Waals surface area contributed by atoms with Crippen LogP contribution in [-0.2, 0) is 4.74 Å². The zero-order chi connectivity index (χ0) is 12.3. The van der Waals surface area contributed by atoms with Crippen molar-refractivity contribution in [2.24, 2.45) is 0 Å². The molecule has 0 aromatic heterocycles. The molecule has 0 spiro atoms. The average Bonchev–Trinajstić information content (AvgIpc) is 2.35. The molecule has 0 aliphatic carbocycles. The molecule has 1 fully saturated rings.